The van der Waals surface area contributed by atoms with E-state index >= 15 is 0 Å². The number of fused-ring (bicyclic) bond motifs is 1. The zero-order valence-corrected chi connectivity index (χ0v) is 15.3. The summed E-state index contributed by atoms with van der Waals surface area (Å²) in [4.78, 5) is 22.0. The van der Waals surface area contributed by atoms with E-state index in [1.807, 2.05) is 4.90 Å². The first-order valence-corrected chi connectivity index (χ1v) is 9.18. The van der Waals surface area contributed by atoms with Crippen molar-refractivity contribution in [3.05, 3.63) is 53.3 Å². The number of hydrogen-bond acceptors (Lipinski definition) is 5. The molecule has 1 saturated heterocycles. The summed E-state index contributed by atoms with van der Waals surface area (Å²) in [5.41, 5.74) is 0.183. The number of carbonyl (C=O) groups excluding carboxylic acids is 1. The minimum absolute atomic E-state index is 0.0717. The number of nitrogens with zero attached hydrogens (tertiary/aromatic N) is 3. The van der Waals surface area contributed by atoms with Crippen LogP contribution in [0.1, 0.15) is 40.2 Å². The maximum atomic E-state index is 13.3. The van der Waals surface area contributed by atoms with Crippen LogP contribution < -0.4 is 4.90 Å². The van der Waals surface area contributed by atoms with Gasteiger partial charge < -0.3 is 9.64 Å². The lowest BCUT2D eigenvalue weighted by Gasteiger charge is -2.21. The molecule has 0 N–H and O–H groups in total. The van der Waals surface area contributed by atoms with Gasteiger partial charge in [0.05, 0.1) is 18.2 Å². The van der Waals surface area contributed by atoms with Gasteiger partial charge in [0, 0.05) is 25.5 Å². The van der Waals surface area contributed by atoms with E-state index < -0.39 is 17.7 Å². The lowest BCUT2D eigenvalue weighted by atomic mass is 9.91. The van der Waals surface area contributed by atoms with Crippen LogP contribution in [0.3, 0.4) is 0 Å². The average Bonchev–Trinajstić information content (AvgIpc) is 3.26. The maximum absolute atomic E-state index is 13.3. The number of benzene rings is 1. The molecule has 28 heavy (non-hydrogen) atoms. The number of halogens is 3. The third-order valence-corrected chi connectivity index (χ3v) is 5.80. The van der Waals surface area contributed by atoms with Gasteiger partial charge in [0.25, 0.3) is 0 Å². The van der Waals surface area contributed by atoms with E-state index in [-0.39, 0.29) is 11.5 Å². The summed E-state index contributed by atoms with van der Waals surface area (Å²) in [5.74, 6) is 0.605. The molecule has 2 aromatic rings. The van der Waals surface area contributed by atoms with Crippen LogP contribution in [0.2, 0.25) is 0 Å². The zero-order chi connectivity index (χ0) is 19.9. The molecule has 2 fully saturated rings. The Hall–Kier alpha value is -2.64. The Bertz CT molecular complexity index is 856. The van der Waals surface area contributed by atoms with E-state index in [4.69, 9.17) is 0 Å². The van der Waals surface area contributed by atoms with E-state index in [9.17, 15) is 18.0 Å². The highest BCUT2D eigenvalue weighted by atomic mass is 19.4. The van der Waals surface area contributed by atoms with Crippen molar-refractivity contribution in [3.63, 3.8) is 0 Å². The molecular weight excluding hydrogens is 371 g/mol. The summed E-state index contributed by atoms with van der Waals surface area (Å²) >= 11 is 0. The van der Waals surface area contributed by atoms with Gasteiger partial charge in [0.15, 0.2) is 0 Å². The quantitative estimate of drug-likeness (QED) is 0.743. The predicted molar refractivity (Wildman–Crippen MR) is 96.0 cm³/mol. The maximum Gasteiger partial charge on any atom is 0.416 e. The molecule has 0 spiro atoms. The van der Waals surface area contributed by atoms with Crippen molar-refractivity contribution in [2.45, 2.75) is 24.9 Å². The molecule has 0 unspecified atom stereocenters. The Kier molecular flexibility index (Phi) is 4.72. The normalized spacial score (nSPS) is 24.3. The molecule has 1 aromatic carbocycles. The SMILES string of the molecule is COC(=O)c1cnc(N2C[C@H]3C[C@H](c4ccccc4C(F)(F)F)C[C@H]3C2)nc1. The summed E-state index contributed by atoms with van der Waals surface area (Å²) < 4.78 is 44.6. The van der Waals surface area contributed by atoms with Crippen LogP contribution in [-0.2, 0) is 10.9 Å². The first-order chi connectivity index (χ1) is 13.4. The highest BCUT2D eigenvalue weighted by Gasteiger charge is 2.44. The molecule has 5 nitrogen and oxygen atoms in total. The molecule has 8 heteroatoms. The number of aromatic nitrogens is 2. The fraction of sp³-hybridized carbons (Fsp3) is 0.450. The van der Waals surface area contributed by atoms with Gasteiger partial charge in [-0.1, -0.05) is 18.2 Å². The van der Waals surface area contributed by atoms with E-state index in [1.54, 1.807) is 12.1 Å². The first-order valence-electron chi connectivity index (χ1n) is 9.18. The second-order valence-corrected chi connectivity index (χ2v) is 7.44. The first kappa shape index (κ1) is 18.7. The molecular formula is C20H20F3N3O2. The molecule has 2 heterocycles. The standard InChI is InChI=1S/C20H20F3N3O2/c1-28-18(27)15-8-24-19(25-9-15)26-10-13-6-12(7-14(13)11-26)16-4-2-3-5-17(16)20(21,22)23/h2-5,8-9,12-14H,6-7,10-11H2,1H3/t12-,13+,14-. The Morgan fingerprint density at radius 3 is 2.29 bits per heavy atom. The zero-order valence-electron chi connectivity index (χ0n) is 15.3. The van der Waals surface area contributed by atoms with Crippen molar-refractivity contribution in [1.29, 1.82) is 0 Å². The minimum Gasteiger partial charge on any atom is -0.465 e. The van der Waals surface area contributed by atoms with Gasteiger partial charge in [-0.2, -0.15) is 13.2 Å². The number of ether oxygens (including phenoxy) is 1. The number of methoxy groups -OCH3 is 1. The van der Waals surface area contributed by atoms with E-state index in [0.29, 0.717) is 36.4 Å². The summed E-state index contributed by atoms with van der Waals surface area (Å²) in [5, 5.41) is 0. The van der Waals surface area contributed by atoms with Crippen LogP contribution in [0.5, 0.6) is 0 Å². The smallest absolute Gasteiger partial charge is 0.416 e. The van der Waals surface area contributed by atoms with Crippen LogP contribution in [0.25, 0.3) is 0 Å². The van der Waals surface area contributed by atoms with Gasteiger partial charge in [0.2, 0.25) is 5.95 Å². The van der Waals surface area contributed by atoms with Crippen molar-refractivity contribution in [2.24, 2.45) is 11.8 Å². The molecule has 2 aliphatic rings. The molecule has 1 aliphatic carbocycles. The fourth-order valence-electron chi connectivity index (χ4n) is 4.54. The lowest BCUT2D eigenvalue weighted by molar-refractivity contribution is -0.138. The predicted octanol–water partition coefficient (Wildman–Crippen LogP) is 3.91. The minimum atomic E-state index is -4.32. The number of anilines is 1. The van der Waals surface area contributed by atoms with Gasteiger partial charge in [-0.15, -0.1) is 0 Å². The second kappa shape index (κ2) is 7.07. The largest absolute Gasteiger partial charge is 0.465 e. The third-order valence-electron chi connectivity index (χ3n) is 5.80. The molecule has 0 radical (unpaired) electrons. The van der Waals surface area contributed by atoms with Gasteiger partial charge in [-0.05, 0) is 42.2 Å². The molecule has 1 aromatic heterocycles. The Balaban J connectivity index is 1.45. The van der Waals surface area contributed by atoms with Gasteiger partial charge in [-0.25, -0.2) is 14.8 Å². The number of alkyl halides is 3. The summed E-state index contributed by atoms with van der Waals surface area (Å²) in [6.07, 6.45) is 0.00779. The average molecular weight is 391 g/mol. The Morgan fingerprint density at radius 1 is 1.11 bits per heavy atom. The third kappa shape index (κ3) is 3.43. The molecule has 148 valence electrons. The summed E-state index contributed by atoms with van der Waals surface area (Å²) in [6, 6.07) is 5.91. The monoisotopic (exact) mass is 391 g/mol. The lowest BCUT2D eigenvalue weighted by Crippen LogP contribution is -2.24. The Labute approximate surface area is 160 Å². The number of rotatable bonds is 3. The van der Waals surface area contributed by atoms with Crippen LogP contribution in [-0.4, -0.2) is 36.1 Å². The molecule has 4 rings (SSSR count). The van der Waals surface area contributed by atoms with Gasteiger partial charge >= 0.3 is 12.1 Å². The van der Waals surface area contributed by atoms with Crippen molar-refractivity contribution in [1.82, 2.24) is 9.97 Å². The highest BCUT2D eigenvalue weighted by molar-refractivity contribution is 5.88. The van der Waals surface area contributed by atoms with E-state index in [2.05, 4.69) is 14.7 Å². The van der Waals surface area contributed by atoms with Crippen LogP contribution in [0, 0.1) is 11.8 Å². The molecule has 0 bridgehead atoms. The molecule has 0 amide bonds. The van der Waals surface area contributed by atoms with Crippen LogP contribution in [0.4, 0.5) is 19.1 Å². The summed E-state index contributed by atoms with van der Waals surface area (Å²) in [7, 11) is 1.30. The fourth-order valence-corrected chi connectivity index (χ4v) is 4.54. The number of hydrogen-bond donors (Lipinski definition) is 0. The Morgan fingerprint density at radius 2 is 1.71 bits per heavy atom. The van der Waals surface area contributed by atoms with Crippen molar-refractivity contribution in [2.75, 3.05) is 25.1 Å². The van der Waals surface area contributed by atoms with Crippen molar-refractivity contribution in [3.8, 4) is 0 Å². The molecule has 1 aliphatic heterocycles. The molecule has 1 saturated carbocycles. The topological polar surface area (TPSA) is 55.3 Å². The number of carbonyl (C=O) groups is 1. The van der Waals surface area contributed by atoms with Crippen molar-refractivity contribution >= 4 is 11.9 Å². The highest BCUT2D eigenvalue weighted by Crippen LogP contribution is 2.49. The van der Waals surface area contributed by atoms with E-state index in [0.717, 1.165) is 12.8 Å². The van der Waals surface area contributed by atoms with E-state index in [1.165, 1.54) is 31.6 Å². The molecule has 3 atom stereocenters. The van der Waals surface area contributed by atoms with Crippen molar-refractivity contribution < 1.29 is 22.7 Å². The van der Waals surface area contributed by atoms with Gasteiger partial charge in [0.1, 0.15) is 0 Å². The van der Waals surface area contributed by atoms with Gasteiger partial charge in [-0.3, -0.25) is 0 Å². The second-order valence-electron chi connectivity index (χ2n) is 7.44. The number of esters is 1. The summed E-state index contributed by atoms with van der Waals surface area (Å²) in [6.45, 7) is 1.43. The van der Waals surface area contributed by atoms with Crippen LogP contribution in [0.15, 0.2) is 36.7 Å². The van der Waals surface area contributed by atoms with Crippen LogP contribution >= 0.6 is 0 Å².